The normalized spacial score (nSPS) is 10.8. The van der Waals surface area contributed by atoms with E-state index in [0.717, 1.165) is 11.3 Å². The minimum Gasteiger partial charge on any atom is -0.381 e. The van der Waals surface area contributed by atoms with Gasteiger partial charge < -0.3 is 5.32 Å². The molecule has 0 bridgehead atoms. The third-order valence-corrected chi connectivity index (χ3v) is 3.67. The highest BCUT2D eigenvalue weighted by Crippen LogP contribution is 2.13. The van der Waals surface area contributed by atoms with Crippen LogP contribution in [0.15, 0.2) is 53.4 Å². The Morgan fingerprint density at radius 2 is 1.85 bits per heavy atom. The van der Waals surface area contributed by atoms with Gasteiger partial charge in [0.2, 0.25) is 10.0 Å². The molecule has 2 aromatic carbocycles. The molecule has 102 valence electrons. The number of hydrogen-bond acceptors (Lipinski definition) is 4. The summed E-state index contributed by atoms with van der Waals surface area (Å²) in [6.45, 7) is 0.528. The molecule has 2 rings (SSSR count). The predicted octanol–water partition coefficient (Wildman–Crippen LogP) is 1.82. The molecule has 0 spiro atoms. The molecule has 0 fully saturated rings. The molecule has 20 heavy (non-hydrogen) atoms. The van der Waals surface area contributed by atoms with Gasteiger partial charge in [-0.25, -0.2) is 13.6 Å². The summed E-state index contributed by atoms with van der Waals surface area (Å²) in [6, 6.07) is 15.5. The van der Waals surface area contributed by atoms with E-state index in [4.69, 9.17) is 10.4 Å². The number of anilines is 1. The molecule has 0 amide bonds. The van der Waals surface area contributed by atoms with Gasteiger partial charge in [0.05, 0.1) is 16.5 Å². The molecule has 2 aromatic rings. The zero-order valence-corrected chi connectivity index (χ0v) is 11.4. The zero-order chi connectivity index (χ0) is 14.6. The SMILES string of the molecule is N#Cc1cccc(NCc2ccc(S(N)(=O)=O)cc2)c1. The van der Waals surface area contributed by atoms with Crippen LogP contribution in [0.3, 0.4) is 0 Å². The average Bonchev–Trinajstić information content (AvgIpc) is 2.45. The van der Waals surface area contributed by atoms with Crippen LogP contribution >= 0.6 is 0 Å². The van der Waals surface area contributed by atoms with Crippen molar-refractivity contribution in [3.63, 3.8) is 0 Å². The second-order valence-electron chi connectivity index (χ2n) is 4.24. The highest BCUT2D eigenvalue weighted by atomic mass is 32.2. The van der Waals surface area contributed by atoms with Gasteiger partial charge in [-0.1, -0.05) is 18.2 Å². The van der Waals surface area contributed by atoms with Crippen molar-refractivity contribution in [3.05, 3.63) is 59.7 Å². The molecule has 0 aromatic heterocycles. The summed E-state index contributed by atoms with van der Waals surface area (Å²) in [5.41, 5.74) is 2.33. The molecule has 6 heteroatoms. The van der Waals surface area contributed by atoms with Crippen molar-refractivity contribution in [1.29, 1.82) is 5.26 Å². The van der Waals surface area contributed by atoms with Crippen LogP contribution in [0.5, 0.6) is 0 Å². The number of sulfonamides is 1. The second kappa shape index (κ2) is 5.74. The van der Waals surface area contributed by atoms with Gasteiger partial charge in [-0.05, 0) is 35.9 Å². The van der Waals surface area contributed by atoms with Gasteiger partial charge in [-0.2, -0.15) is 5.26 Å². The van der Waals surface area contributed by atoms with Crippen molar-refractivity contribution in [3.8, 4) is 6.07 Å². The fourth-order valence-electron chi connectivity index (χ4n) is 1.70. The smallest absolute Gasteiger partial charge is 0.238 e. The van der Waals surface area contributed by atoms with Gasteiger partial charge in [-0.3, -0.25) is 0 Å². The Balaban J connectivity index is 2.06. The highest BCUT2D eigenvalue weighted by Gasteiger charge is 2.06. The monoisotopic (exact) mass is 287 g/mol. The molecule has 0 saturated carbocycles. The number of hydrogen-bond donors (Lipinski definition) is 2. The van der Waals surface area contributed by atoms with Crippen molar-refractivity contribution in [2.45, 2.75) is 11.4 Å². The molecule has 0 unspecified atom stereocenters. The Bertz CT molecular complexity index is 747. The van der Waals surface area contributed by atoms with Crippen LogP contribution < -0.4 is 10.5 Å². The van der Waals surface area contributed by atoms with E-state index in [1.54, 1.807) is 30.3 Å². The second-order valence-corrected chi connectivity index (χ2v) is 5.80. The molecule has 3 N–H and O–H groups in total. The predicted molar refractivity (Wildman–Crippen MR) is 76.3 cm³/mol. The molecule has 0 aliphatic rings. The number of nitrogens with two attached hydrogens (primary N) is 1. The van der Waals surface area contributed by atoms with Crippen LogP contribution in [0.4, 0.5) is 5.69 Å². The fraction of sp³-hybridized carbons (Fsp3) is 0.0714. The van der Waals surface area contributed by atoms with Crippen molar-refractivity contribution in [1.82, 2.24) is 0 Å². The standard InChI is InChI=1S/C14H13N3O2S/c15-9-12-2-1-3-13(8-12)17-10-11-4-6-14(7-5-11)20(16,18)19/h1-8,17H,10H2,(H2,16,18,19). The van der Waals surface area contributed by atoms with Gasteiger partial charge >= 0.3 is 0 Å². The Morgan fingerprint density at radius 3 is 2.45 bits per heavy atom. The number of primary sulfonamides is 1. The first-order valence-corrected chi connectivity index (χ1v) is 7.39. The lowest BCUT2D eigenvalue weighted by atomic mass is 10.2. The van der Waals surface area contributed by atoms with Gasteiger partial charge in [0, 0.05) is 12.2 Å². The van der Waals surface area contributed by atoms with E-state index < -0.39 is 10.0 Å². The number of nitrogens with zero attached hydrogens (tertiary/aromatic N) is 1. The molecule has 0 atom stereocenters. The fourth-order valence-corrected chi connectivity index (χ4v) is 2.22. The topological polar surface area (TPSA) is 96.0 Å². The maximum atomic E-state index is 11.1. The lowest BCUT2D eigenvalue weighted by Crippen LogP contribution is -2.12. The number of benzene rings is 2. The van der Waals surface area contributed by atoms with Crippen molar-refractivity contribution < 1.29 is 8.42 Å². The summed E-state index contributed by atoms with van der Waals surface area (Å²) in [5.74, 6) is 0. The lowest BCUT2D eigenvalue weighted by molar-refractivity contribution is 0.598. The minimum absolute atomic E-state index is 0.0905. The Labute approximate surface area is 117 Å². The van der Waals surface area contributed by atoms with Crippen LogP contribution in [0.25, 0.3) is 0 Å². The van der Waals surface area contributed by atoms with E-state index >= 15 is 0 Å². The maximum Gasteiger partial charge on any atom is 0.238 e. The Hall–Kier alpha value is -2.36. The first-order valence-electron chi connectivity index (χ1n) is 5.85. The van der Waals surface area contributed by atoms with Gasteiger partial charge in [0.25, 0.3) is 0 Å². The van der Waals surface area contributed by atoms with Gasteiger partial charge in [-0.15, -0.1) is 0 Å². The number of rotatable bonds is 4. The number of nitriles is 1. The van der Waals surface area contributed by atoms with E-state index in [1.165, 1.54) is 12.1 Å². The zero-order valence-electron chi connectivity index (χ0n) is 10.6. The van der Waals surface area contributed by atoms with E-state index in [9.17, 15) is 8.42 Å². The molecule has 0 aliphatic heterocycles. The lowest BCUT2D eigenvalue weighted by Gasteiger charge is -2.07. The average molecular weight is 287 g/mol. The van der Waals surface area contributed by atoms with Gasteiger partial charge in [0.1, 0.15) is 0 Å². The van der Waals surface area contributed by atoms with Crippen LogP contribution in [0.1, 0.15) is 11.1 Å². The van der Waals surface area contributed by atoms with Crippen LogP contribution in [0.2, 0.25) is 0 Å². The summed E-state index contributed by atoms with van der Waals surface area (Å²) in [7, 11) is -3.65. The summed E-state index contributed by atoms with van der Waals surface area (Å²) in [4.78, 5) is 0.0905. The van der Waals surface area contributed by atoms with Crippen molar-refractivity contribution >= 4 is 15.7 Å². The van der Waals surface area contributed by atoms with E-state index in [1.807, 2.05) is 6.07 Å². The molecule has 0 saturated heterocycles. The minimum atomic E-state index is -3.65. The quantitative estimate of drug-likeness (QED) is 0.896. The summed E-state index contributed by atoms with van der Waals surface area (Å²) < 4.78 is 22.3. The van der Waals surface area contributed by atoms with Crippen LogP contribution in [-0.4, -0.2) is 8.42 Å². The Kier molecular flexibility index (Phi) is 4.03. The number of nitrogens with one attached hydrogen (secondary N) is 1. The highest BCUT2D eigenvalue weighted by molar-refractivity contribution is 7.89. The van der Waals surface area contributed by atoms with E-state index in [2.05, 4.69) is 11.4 Å². The largest absolute Gasteiger partial charge is 0.381 e. The summed E-state index contributed by atoms with van der Waals surface area (Å²) >= 11 is 0. The molecule has 0 heterocycles. The molecular formula is C14H13N3O2S. The van der Waals surface area contributed by atoms with Crippen LogP contribution in [-0.2, 0) is 16.6 Å². The first-order chi connectivity index (χ1) is 9.49. The summed E-state index contributed by atoms with van der Waals surface area (Å²) in [5, 5.41) is 17.0. The molecule has 0 aliphatic carbocycles. The van der Waals surface area contributed by atoms with Crippen molar-refractivity contribution in [2.75, 3.05) is 5.32 Å². The van der Waals surface area contributed by atoms with E-state index in [-0.39, 0.29) is 4.90 Å². The Morgan fingerprint density at radius 1 is 1.15 bits per heavy atom. The van der Waals surface area contributed by atoms with Crippen molar-refractivity contribution in [2.24, 2.45) is 5.14 Å². The van der Waals surface area contributed by atoms with Gasteiger partial charge in [0.15, 0.2) is 0 Å². The third kappa shape index (κ3) is 3.57. The molecular weight excluding hydrogens is 274 g/mol. The maximum absolute atomic E-state index is 11.1. The summed E-state index contributed by atoms with van der Waals surface area (Å²) in [6.07, 6.45) is 0. The third-order valence-electron chi connectivity index (χ3n) is 2.74. The molecule has 5 nitrogen and oxygen atoms in total. The first kappa shape index (κ1) is 14.1. The molecule has 0 radical (unpaired) electrons. The van der Waals surface area contributed by atoms with E-state index in [0.29, 0.717) is 12.1 Å². The van der Waals surface area contributed by atoms with Crippen LogP contribution in [0, 0.1) is 11.3 Å².